The number of rotatable bonds is 6. The van der Waals surface area contributed by atoms with Gasteiger partial charge in [-0.25, -0.2) is 8.42 Å². The SMILES string of the molecule is C[C@@H](OC(=O)CCN=C1NS(=O)(=O)c2ccccc21)C(=O)NC1CCCC1. The van der Waals surface area contributed by atoms with Gasteiger partial charge in [-0.15, -0.1) is 0 Å². The maximum Gasteiger partial charge on any atom is 0.308 e. The van der Waals surface area contributed by atoms with Gasteiger partial charge in [0, 0.05) is 11.6 Å². The topological polar surface area (TPSA) is 114 Å². The number of amidine groups is 1. The second-order valence-corrected chi connectivity index (χ2v) is 8.35. The van der Waals surface area contributed by atoms with Gasteiger partial charge in [-0.05, 0) is 31.9 Å². The third-order valence-corrected chi connectivity index (χ3v) is 6.02. The number of fused-ring (bicyclic) bond motifs is 1. The van der Waals surface area contributed by atoms with Crippen LogP contribution >= 0.6 is 0 Å². The van der Waals surface area contributed by atoms with Crippen LogP contribution in [0.3, 0.4) is 0 Å². The van der Waals surface area contributed by atoms with Crippen LogP contribution in [0.15, 0.2) is 34.2 Å². The van der Waals surface area contributed by atoms with E-state index in [1.807, 2.05) is 0 Å². The lowest BCUT2D eigenvalue weighted by atomic mass is 10.2. The van der Waals surface area contributed by atoms with Gasteiger partial charge in [-0.1, -0.05) is 25.0 Å². The minimum Gasteiger partial charge on any atom is -0.452 e. The Labute approximate surface area is 158 Å². The third kappa shape index (κ3) is 4.65. The largest absolute Gasteiger partial charge is 0.452 e. The average Bonchev–Trinajstić information content (AvgIpc) is 3.21. The molecule has 1 saturated carbocycles. The van der Waals surface area contributed by atoms with Crippen LogP contribution in [-0.4, -0.2) is 44.8 Å². The molecule has 9 heteroatoms. The summed E-state index contributed by atoms with van der Waals surface area (Å²) in [4.78, 5) is 28.3. The molecule has 0 unspecified atom stereocenters. The standard InChI is InChI=1S/C18H23N3O5S/c1-12(18(23)20-13-6-2-3-7-13)26-16(22)10-11-19-17-14-8-4-5-9-15(14)27(24,25)21-17/h4-5,8-9,12-13H,2-3,6-7,10-11H2,1H3,(H,19,21)(H,20,23)/t12-/m1/s1. The second kappa shape index (κ2) is 8.08. The van der Waals surface area contributed by atoms with E-state index >= 15 is 0 Å². The zero-order chi connectivity index (χ0) is 19.4. The maximum absolute atomic E-state index is 12.0. The molecule has 1 atom stereocenters. The molecule has 1 aliphatic carbocycles. The van der Waals surface area contributed by atoms with Crippen molar-refractivity contribution in [2.75, 3.05) is 6.54 Å². The molecule has 3 rings (SSSR count). The van der Waals surface area contributed by atoms with Gasteiger partial charge in [-0.3, -0.25) is 19.3 Å². The molecule has 0 aromatic heterocycles. The molecule has 146 valence electrons. The Morgan fingerprint density at radius 1 is 1.30 bits per heavy atom. The molecular formula is C18H23N3O5S. The summed E-state index contributed by atoms with van der Waals surface area (Å²) in [5, 5.41) is 2.88. The van der Waals surface area contributed by atoms with Crippen molar-refractivity contribution in [2.24, 2.45) is 4.99 Å². The van der Waals surface area contributed by atoms with Crippen LogP contribution in [0, 0.1) is 0 Å². The monoisotopic (exact) mass is 393 g/mol. The molecule has 27 heavy (non-hydrogen) atoms. The van der Waals surface area contributed by atoms with Crippen LogP contribution in [0.1, 0.15) is 44.6 Å². The van der Waals surface area contributed by atoms with Gasteiger partial charge >= 0.3 is 5.97 Å². The molecule has 1 amide bonds. The summed E-state index contributed by atoms with van der Waals surface area (Å²) in [5.74, 6) is -0.632. The van der Waals surface area contributed by atoms with E-state index < -0.39 is 22.1 Å². The Kier molecular flexibility index (Phi) is 5.79. The molecule has 1 aromatic carbocycles. The molecule has 0 spiro atoms. The van der Waals surface area contributed by atoms with Gasteiger partial charge in [0.1, 0.15) is 5.84 Å². The molecule has 0 saturated heterocycles. The number of aliphatic imine (C=N–C) groups is 1. The Morgan fingerprint density at radius 3 is 2.74 bits per heavy atom. The smallest absolute Gasteiger partial charge is 0.308 e. The van der Waals surface area contributed by atoms with Crippen LogP contribution in [0.25, 0.3) is 0 Å². The van der Waals surface area contributed by atoms with Crippen LogP contribution in [0.5, 0.6) is 0 Å². The maximum atomic E-state index is 12.0. The molecule has 1 aromatic rings. The first-order valence-corrected chi connectivity index (χ1v) is 10.5. The normalized spacial score (nSPS) is 20.7. The number of benzene rings is 1. The van der Waals surface area contributed by atoms with E-state index in [9.17, 15) is 18.0 Å². The number of hydrogen-bond acceptors (Lipinski definition) is 6. The van der Waals surface area contributed by atoms with Crippen molar-refractivity contribution < 1.29 is 22.7 Å². The van der Waals surface area contributed by atoms with E-state index in [-0.39, 0.29) is 35.6 Å². The van der Waals surface area contributed by atoms with Crippen molar-refractivity contribution in [3.8, 4) is 0 Å². The zero-order valence-corrected chi connectivity index (χ0v) is 15.9. The number of esters is 1. The summed E-state index contributed by atoms with van der Waals surface area (Å²) in [6, 6.07) is 6.67. The third-order valence-electron chi connectivity index (χ3n) is 4.63. The van der Waals surface area contributed by atoms with Crippen molar-refractivity contribution in [1.29, 1.82) is 0 Å². The summed E-state index contributed by atoms with van der Waals surface area (Å²) in [7, 11) is -3.60. The Hall–Kier alpha value is -2.42. The molecular weight excluding hydrogens is 370 g/mol. The van der Waals surface area contributed by atoms with Crippen LogP contribution in [-0.2, 0) is 24.3 Å². The molecule has 0 bridgehead atoms. The van der Waals surface area contributed by atoms with Gasteiger partial charge in [0.15, 0.2) is 6.10 Å². The quantitative estimate of drug-likeness (QED) is 0.703. The number of amides is 1. The first-order valence-electron chi connectivity index (χ1n) is 9.03. The second-order valence-electron chi connectivity index (χ2n) is 6.70. The highest BCUT2D eigenvalue weighted by Crippen LogP contribution is 2.22. The minimum atomic E-state index is -3.60. The number of carbonyl (C=O) groups is 2. The lowest BCUT2D eigenvalue weighted by molar-refractivity contribution is -0.154. The fraction of sp³-hybridized carbons (Fsp3) is 0.500. The number of ether oxygens (including phenoxy) is 1. The van der Waals surface area contributed by atoms with E-state index in [4.69, 9.17) is 4.74 Å². The lowest BCUT2D eigenvalue weighted by Gasteiger charge is -2.17. The minimum absolute atomic E-state index is 0.0472. The Morgan fingerprint density at radius 2 is 2.00 bits per heavy atom. The van der Waals surface area contributed by atoms with Gasteiger partial charge in [0.05, 0.1) is 17.9 Å². The summed E-state index contributed by atoms with van der Waals surface area (Å²) < 4.78 is 31.5. The molecule has 2 N–H and O–H groups in total. The van der Waals surface area contributed by atoms with Crippen LogP contribution < -0.4 is 10.0 Å². The summed E-state index contributed by atoms with van der Waals surface area (Å²) in [5.41, 5.74) is 0.482. The fourth-order valence-corrected chi connectivity index (χ4v) is 4.46. The molecule has 1 aliphatic heterocycles. The number of carbonyl (C=O) groups excluding carboxylic acids is 2. The van der Waals surface area contributed by atoms with Crippen molar-refractivity contribution in [1.82, 2.24) is 10.0 Å². The predicted molar refractivity (Wildman–Crippen MR) is 98.7 cm³/mol. The first kappa shape index (κ1) is 19.3. The van der Waals surface area contributed by atoms with Gasteiger partial charge in [0.25, 0.3) is 15.9 Å². The molecule has 2 aliphatic rings. The zero-order valence-electron chi connectivity index (χ0n) is 15.1. The van der Waals surface area contributed by atoms with Crippen molar-refractivity contribution in [3.63, 3.8) is 0 Å². The first-order chi connectivity index (χ1) is 12.9. The molecule has 8 nitrogen and oxygen atoms in total. The van der Waals surface area contributed by atoms with E-state index in [2.05, 4.69) is 15.0 Å². The number of nitrogens with zero attached hydrogens (tertiary/aromatic N) is 1. The lowest BCUT2D eigenvalue weighted by Crippen LogP contribution is -2.40. The van der Waals surface area contributed by atoms with E-state index in [1.165, 1.54) is 13.0 Å². The highest BCUT2D eigenvalue weighted by atomic mass is 32.2. The van der Waals surface area contributed by atoms with E-state index in [0.29, 0.717) is 5.56 Å². The fourth-order valence-electron chi connectivity index (χ4n) is 3.21. The van der Waals surface area contributed by atoms with Crippen LogP contribution in [0.2, 0.25) is 0 Å². The number of hydrogen-bond donors (Lipinski definition) is 2. The molecule has 1 heterocycles. The highest BCUT2D eigenvalue weighted by molar-refractivity contribution is 7.90. The van der Waals surface area contributed by atoms with Gasteiger partial charge in [0.2, 0.25) is 0 Å². The Bertz CT molecular complexity index is 860. The summed E-state index contributed by atoms with van der Waals surface area (Å²) >= 11 is 0. The predicted octanol–water partition coefficient (Wildman–Crippen LogP) is 1.11. The Balaban J connectivity index is 1.49. The average molecular weight is 393 g/mol. The van der Waals surface area contributed by atoms with Gasteiger partial charge in [-0.2, -0.15) is 0 Å². The van der Waals surface area contributed by atoms with Crippen molar-refractivity contribution >= 4 is 27.7 Å². The van der Waals surface area contributed by atoms with Gasteiger partial charge < -0.3 is 10.1 Å². The van der Waals surface area contributed by atoms with E-state index in [1.54, 1.807) is 18.2 Å². The van der Waals surface area contributed by atoms with Crippen molar-refractivity contribution in [2.45, 2.75) is 56.1 Å². The highest BCUT2D eigenvalue weighted by Gasteiger charge is 2.30. The molecule has 1 fully saturated rings. The van der Waals surface area contributed by atoms with Crippen LogP contribution in [0.4, 0.5) is 0 Å². The van der Waals surface area contributed by atoms with E-state index in [0.717, 1.165) is 25.7 Å². The number of nitrogens with one attached hydrogen (secondary N) is 2. The number of sulfonamides is 1. The summed E-state index contributed by atoms with van der Waals surface area (Å²) in [6.45, 7) is 1.59. The summed E-state index contributed by atoms with van der Waals surface area (Å²) in [6.07, 6.45) is 3.21. The van der Waals surface area contributed by atoms with Crippen molar-refractivity contribution in [3.05, 3.63) is 29.8 Å². The molecule has 0 radical (unpaired) electrons.